The number of morpholine rings is 1. The SMILES string of the molecule is Cc1ccc(-n2c(SCC(=O)c3ccc4c(c3)[C@@H](C)C(=O)N4)nnc2N2CCOCC2)cc1. The van der Waals surface area contributed by atoms with Gasteiger partial charge in [-0.25, -0.2) is 0 Å². The van der Waals surface area contributed by atoms with Crippen LogP contribution in [0.2, 0.25) is 0 Å². The summed E-state index contributed by atoms with van der Waals surface area (Å²) < 4.78 is 7.50. The summed E-state index contributed by atoms with van der Waals surface area (Å²) in [6.45, 7) is 6.68. The fraction of sp³-hybridized carbons (Fsp3) is 0.333. The van der Waals surface area contributed by atoms with Crippen molar-refractivity contribution in [3.05, 3.63) is 59.2 Å². The zero-order valence-electron chi connectivity index (χ0n) is 18.6. The van der Waals surface area contributed by atoms with Crippen LogP contribution in [0.25, 0.3) is 5.69 Å². The third-order valence-corrected chi connectivity index (χ3v) is 6.95. The average molecular weight is 464 g/mol. The standard InChI is InChI=1S/C24H25N5O3S/c1-15-3-6-18(7-4-15)29-23(28-9-11-32-12-10-28)26-27-24(29)33-14-21(30)17-5-8-20-19(13-17)16(2)22(31)25-20/h3-8,13,16H,9-12,14H2,1-2H3,(H,25,31)/t16-/m1/s1. The van der Waals surface area contributed by atoms with Crippen LogP contribution in [-0.4, -0.2) is 58.5 Å². The molecule has 0 saturated carbocycles. The highest BCUT2D eigenvalue weighted by Gasteiger charge is 2.27. The van der Waals surface area contributed by atoms with Crippen molar-refractivity contribution in [2.45, 2.75) is 24.9 Å². The number of hydrogen-bond acceptors (Lipinski definition) is 7. The maximum absolute atomic E-state index is 13.0. The van der Waals surface area contributed by atoms with Crippen LogP contribution < -0.4 is 10.2 Å². The molecule has 0 unspecified atom stereocenters. The van der Waals surface area contributed by atoms with Crippen molar-refractivity contribution in [2.75, 3.05) is 42.3 Å². The van der Waals surface area contributed by atoms with E-state index < -0.39 is 0 Å². The summed E-state index contributed by atoms with van der Waals surface area (Å²) in [6.07, 6.45) is 0. The number of nitrogens with one attached hydrogen (secondary N) is 1. The lowest BCUT2D eigenvalue weighted by Gasteiger charge is -2.28. The van der Waals surface area contributed by atoms with Crippen LogP contribution >= 0.6 is 11.8 Å². The lowest BCUT2D eigenvalue weighted by atomic mass is 9.99. The number of ether oxygens (including phenoxy) is 1. The van der Waals surface area contributed by atoms with Gasteiger partial charge in [0.25, 0.3) is 0 Å². The van der Waals surface area contributed by atoms with E-state index in [9.17, 15) is 9.59 Å². The van der Waals surface area contributed by atoms with Crippen molar-refractivity contribution in [2.24, 2.45) is 0 Å². The number of thioether (sulfide) groups is 1. The van der Waals surface area contributed by atoms with Crippen LogP contribution in [0.15, 0.2) is 47.6 Å². The van der Waals surface area contributed by atoms with Gasteiger partial charge >= 0.3 is 0 Å². The summed E-state index contributed by atoms with van der Waals surface area (Å²) in [5.74, 6) is 0.683. The van der Waals surface area contributed by atoms with Crippen LogP contribution in [0.5, 0.6) is 0 Å². The van der Waals surface area contributed by atoms with Crippen LogP contribution in [0.3, 0.4) is 0 Å². The summed E-state index contributed by atoms with van der Waals surface area (Å²) in [4.78, 5) is 27.1. The summed E-state index contributed by atoms with van der Waals surface area (Å²) in [5.41, 5.74) is 4.37. The first kappa shape index (κ1) is 21.7. The zero-order valence-corrected chi connectivity index (χ0v) is 19.4. The second kappa shape index (κ2) is 8.99. The van der Waals surface area contributed by atoms with E-state index in [2.05, 4.69) is 32.5 Å². The normalized spacial score (nSPS) is 17.7. The molecule has 1 amide bonds. The first-order valence-electron chi connectivity index (χ1n) is 11.0. The lowest BCUT2D eigenvalue weighted by molar-refractivity contribution is -0.116. The zero-order chi connectivity index (χ0) is 22.9. The maximum atomic E-state index is 13.0. The van der Waals surface area contributed by atoms with Gasteiger partial charge in [0, 0.05) is 24.3 Å². The largest absolute Gasteiger partial charge is 0.378 e. The van der Waals surface area contributed by atoms with Crippen LogP contribution in [-0.2, 0) is 9.53 Å². The Hall–Kier alpha value is -3.17. The number of Topliss-reactive ketones (excluding diaryl/α,β-unsaturated/α-hetero) is 1. The summed E-state index contributed by atoms with van der Waals surface area (Å²) in [7, 11) is 0. The molecule has 0 spiro atoms. The van der Waals surface area contributed by atoms with Crippen molar-refractivity contribution in [3.8, 4) is 5.69 Å². The summed E-state index contributed by atoms with van der Waals surface area (Å²) in [6, 6.07) is 13.6. The quantitative estimate of drug-likeness (QED) is 0.442. The number of anilines is 2. The molecule has 8 nitrogen and oxygen atoms in total. The average Bonchev–Trinajstić information content (AvgIpc) is 3.39. The third kappa shape index (κ3) is 4.26. The molecule has 1 fully saturated rings. The van der Waals surface area contributed by atoms with Gasteiger partial charge < -0.3 is 15.0 Å². The minimum absolute atomic E-state index is 0.0132. The van der Waals surface area contributed by atoms with Crippen LogP contribution in [0.4, 0.5) is 11.6 Å². The number of amides is 1. The van der Waals surface area contributed by atoms with Gasteiger partial charge in [0.05, 0.1) is 30.6 Å². The Kier molecular flexibility index (Phi) is 5.90. The van der Waals surface area contributed by atoms with Crippen molar-refractivity contribution >= 4 is 35.1 Å². The predicted molar refractivity (Wildman–Crippen MR) is 128 cm³/mol. The van der Waals surface area contributed by atoms with Crippen molar-refractivity contribution in [3.63, 3.8) is 0 Å². The summed E-state index contributed by atoms with van der Waals surface area (Å²) >= 11 is 1.37. The second-order valence-corrected chi connectivity index (χ2v) is 9.22. The van der Waals surface area contributed by atoms with E-state index in [4.69, 9.17) is 4.74 Å². The van der Waals surface area contributed by atoms with E-state index in [0.29, 0.717) is 23.9 Å². The highest BCUT2D eigenvalue weighted by molar-refractivity contribution is 7.99. The number of hydrogen-bond donors (Lipinski definition) is 1. The van der Waals surface area contributed by atoms with Crippen molar-refractivity contribution in [1.29, 1.82) is 0 Å². The Labute approximate surface area is 196 Å². The first-order valence-corrected chi connectivity index (χ1v) is 12.0. The smallest absolute Gasteiger partial charge is 0.232 e. The van der Waals surface area contributed by atoms with Crippen molar-refractivity contribution in [1.82, 2.24) is 14.8 Å². The Morgan fingerprint density at radius 1 is 1.15 bits per heavy atom. The molecule has 1 aromatic heterocycles. The molecule has 1 N–H and O–H groups in total. The lowest BCUT2D eigenvalue weighted by Crippen LogP contribution is -2.37. The molecule has 9 heteroatoms. The minimum Gasteiger partial charge on any atom is -0.378 e. The molecule has 0 bridgehead atoms. The van der Waals surface area contributed by atoms with E-state index in [0.717, 1.165) is 36.0 Å². The number of carbonyl (C=O) groups excluding carboxylic acids is 2. The molecule has 0 aliphatic carbocycles. The topological polar surface area (TPSA) is 89.3 Å². The van der Waals surface area contributed by atoms with Crippen LogP contribution in [0.1, 0.15) is 34.3 Å². The van der Waals surface area contributed by atoms with Gasteiger partial charge in [-0.3, -0.25) is 14.2 Å². The minimum atomic E-state index is -0.249. The molecule has 170 valence electrons. The van der Waals surface area contributed by atoms with E-state index >= 15 is 0 Å². The third-order valence-electron chi connectivity index (χ3n) is 6.03. The van der Waals surface area contributed by atoms with Gasteiger partial charge in [0.15, 0.2) is 10.9 Å². The predicted octanol–water partition coefficient (Wildman–Crippen LogP) is 3.44. The molecule has 33 heavy (non-hydrogen) atoms. The molecule has 1 saturated heterocycles. The van der Waals surface area contributed by atoms with E-state index in [-0.39, 0.29) is 23.4 Å². The molecular weight excluding hydrogens is 438 g/mol. The molecule has 3 heterocycles. The fourth-order valence-electron chi connectivity index (χ4n) is 4.05. The number of nitrogens with zero attached hydrogens (tertiary/aromatic N) is 4. The van der Waals surface area contributed by atoms with E-state index in [1.165, 1.54) is 17.3 Å². The van der Waals surface area contributed by atoms with Gasteiger partial charge in [0.2, 0.25) is 11.9 Å². The number of aromatic nitrogens is 3. The van der Waals surface area contributed by atoms with E-state index in [1.54, 1.807) is 12.1 Å². The Bertz CT molecular complexity index is 1200. The van der Waals surface area contributed by atoms with Gasteiger partial charge in [-0.2, -0.15) is 0 Å². The number of carbonyl (C=O) groups is 2. The maximum Gasteiger partial charge on any atom is 0.232 e. The van der Waals surface area contributed by atoms with Crippen LogP contribution in [0, 0.1) is 6.92 Å². The van der Waals surface area contributed by atoms with Gasteiger partial charge in [-0.15, -0.1) is 10.2 Å². The number of rotatable bonds is 6. The van der Waals surface area contributed by atoms with Gasteiger partial charge in [-0.1, -0.05) is 29.5 Å². The highest BCUT2D eigenvalue weighted by atomic mass is 32.2. The molecule has 1 atom stereocenters. The highest BCUT2D eigenvalue weighted by Crippen LogP contribution is 2.33. The monoisotopic (exact) mass is 463 g/mol. The first-order chi connectivity index (χ1) is 16.0. The number of fused-ring (bicyclic) bond motifs is 1. The molecule has 2 aliphatic heterocycles. The number of benzene rings is 2. The summed E-state index contributed by atoms with van der Waals surface area (Å²) in [5, 5.41) is 12.4. The Morgan fingerprint density at radius 2 is 1.91 bits per heavy atom. The molecular formula is C24H25N5O3S. The van der Waals surface area contributed by atoms with Gasteiger partial charge in [-0.05, 0) is 49.7 Å². The second-order valence-electron chi connectivity index (χ2n) is 8.28. The Morgan fingerprint density at radius 3 is 2.67 bits per heavy atom. The molecule has 0 radical (unpaired) electrons. The number of ketones is 1. The molecule has 2 aromatic carbocycles. The number of aryl methyl sites for hydroxylation is 1. The molecule has 3 aromatic rings. The Balaban J connectivity index is 1.39. The van der Waals surface area contributed by atoms with Gasteiger partial charge in [0.1, 0.15) is 0 Å². The fourth-order valence-corrected chi connectivity index (χ4v) is 4.89. The van der Waals surface area contributed by atoms with E-state index in [1.807, 2.05) is 36.6 Å². The molecule has 5 rings (SSSR count). The molecule has 2 aliphatic rings. The van der Waals surface area contributed by atoms with Crippen molar-refractivity contribution < 1.29 is 14.3 Å².